The first-order valence-corrected chi connectivity index (χ1v) is 9.37. The van der Waals surface area contributed by atoms with Crippen molar-refractivity contribution in [3.8, 4) is 23.1 Å². The first-order valence-electron chi connectivity index (χ1n) is 8.99. The minimum absolute atomic E-state index is 0.00843. The number of aliphatic hydroxyl groups excluding tert-OH is 1. The van der Waals surface area contributed by atoms with Gasteiger partial charge in [-0.15, -0.1) is 0 Å². The summed E-state index contributed by atoms with van der Waals surface area (Å²) in [4.78, 5) is 16.8. The van der Waals surface area contributed by atoms with Crippen molar-refractivity contribution in [2.75, 3.05) is 26.9 Å². The van der Waals surface area contributed by atoms with Gasteiger partial charge in [-0.05, 0) is 29.8 Å². The fraction of sp³-hybridized carbons (Fsp3) is 0.238. The van der Waals surface area contributed by atoms with Crippen LogP contribution >= 0.6 is 11.6 Å². The molecule has 0 saturated carbocycles. The number of aromatic nitrogens is 2. The van der Waals surface area contributed by atoms with Crippen LogP contribution in [0.4, 0.5) is 0 Å². The topological polar surface area (TPSA) is 82.8 Å². The molecule has 8 heteroatoms. The molecule has 0 bridgehead atoms. The minimum atomic E-state index is -0.385. The van der Waals surface area contributed by atoms with E-state index in [9.17, 15) is 4.79 Å². The molecule has 0 atom stereocenters. The van der Waals surface area contributed by atoms with Crippen molar-refractivity contribution in [3.05, 3.63) is 75.8 Å². The van der Waals surface area contributed by atoms with Gasteiger partial charge in [-0.2, -0.15) is 0 Å². The van der Waals surface area contributed by atoms with Gasteiger partial charge in [-0.25, -0.2) is 4.98 Å². The number of benzene rings is 2. The highest BCUT2D eigenvalue weighted by Crippen LogP contribution is 2.29. The predicted molar refractivity (Wildman–Crippen MR) is 110 cm³/mol. The van der Waals surface area contributed by atoms with Gasteiger partial charge < -0.3 is 19.3 Å². The van der Waals surface area contributed by atoms with E-state index in [0.29, 0.717) is 35.2 Å². The van der Waals surface area contributed by atoms with Crippen LogP contribution in [0.2, 0.25) is 5.02 Å². The third kappa shape index (κ3) is 5.28. The van der Waals surface area contributed by atoms with Gasteiger partial charge in [0.25, 0.3) is 5.88 Å². The largest absolute Gasteiger partial charge is 0.493 e. The Morgan fingerprint density at radius 3 is 2.72 bits per heavy atom. The van der Waals surface area contributed by atoms with Crippen LogP contribution < -0.4 is 19.8 Å². The van der Waals surface area contributed by atoms with E-state index in [1.54, 1.807) is 30.5 Å². The van der Waals surface area contributed by atoms with E-state index >= 15 is 0 Å². The summed E-state index contributed by atoms with van der Waals surface area (Å²) in [7, 11) is 1.50. The third-order valence-electron chi connectivity index (χ3n) is 4.10. The van der Waals surface area contributed by atoms with Crippen molar-refractivity contribution in [2.45, 2.75) is 6.42 Å². The zero-order valence-electron chi connectivity index (χ0n) is 15.9. The lowest BCUT2D eigenvalue weighted by atomic mass is 10.2. The standard InChI is InChI=1S/C21H21ClN2O5/c1-27-19-14-17(5-6-18(19)28-12-10-25)24-9-8-23-20(21(24)26)29-11-7-15-3-2-4-16(22)13-15/h2-6,8-9,13-14,25H,7,10-12H2,1H3. The van der Waals surface area contributed by atoms with Crippen LogP contribution in [0.1, 0.15) is 5.56 Å². The summed E-state index contributed by atoms with van der Waals surface area (Å²) in [6, 6.07) is 12.5. The molecule has 0 aliphatic rings. The van der Waals surface area contributed by atoms with Crippen LogP contribution in [0, 0.1) is 0 Å². The molecule has 7 nitrogen and oxygen atoms in total. The Kier molecular flexibility index (Phi) is 7.10. The third-order valence-corrected chi connectivity index (χ3v) is 4.34. The zero-order chi connectivity index (χ0) is 20.6. The molecule has 0 saturated heterocycles. The maximum absolute atomic E-state index is 12.8. The Labute approximate surface area is 173 Å². The molecular weight excluding hydrogens is 396 g/mol. The molecule has 29 heavy (non-hydrogen) atoms. The lowest BCUT2D eigenvalue weighted by molar-refractivity contribution is 0.196. The highest BCUT2D eigenvalue weighted by molar-refractivity contribution is 6.30. The Bertz CT molecular complexity index is 1020. The molecule has 0 amide bonds. The Balaban J connectivity index is 1.77. The second-order valence-electron chi connectivity index (χ2n) is 6.04. The molecule has 0 spiro atoms. The molecule has 1 heterocycles. The number of hydrogen-bond donors (Lipinski definition) is 1. The summed E-state index contributed by atoms with van der Waals surface area (Å²) in [5.41, 5.74) is 1.20. The van der Waals surface area contributed by atoms with Crippen LogP contribution in [0.3, 0.4) is 0 Å². The SMILES string of the molecule is COc1cc(-n2ccnc(OCCc3cccc(Cl)c3)c2=O)ccc1OCCO. The Hall–Kier alpha value is -3.03. The van der Waals surface area contributed by atoms with Crippen molar-refractivity contribution < 1.29 is 19.3 Å². The normalized spacial score (nSPS) is 10.6. The van der Waals surface area contributed by atoms with Gasteiger partial charge >= 0.3 is 5.56 Å². The number of nitrogens with zero attached hydrogens (tertiary/aromatic N) is 2. The quantitative estimate of drug-likeness (QED) is 0.577. The molecule has 3 rings (SSSR count). The molecule has 0 fully saturated rings. The van der Waals surface area contributed by atoms with Crippen molar-refractivity contribution in [1.82, 2.24) is 9.55 Å². The smallest absolute Gasteiger partial charge is 0.317 e. The number of methoxy groups -OCH3 is 1. The molecule has 1 N–H and O–H groups in total. The number of halogens is 1. The van der Waals surface area contributed by atoms with E-state index in [-0.39, 0.29) is 24.7 Å². The van der Waals surface area contributed by atoms with Gasteiger partial charge in [0.2, 0.25) is 0 Å². The monoisotopic (exact) mass is 416 g/mol. The molecule has 0 radical (unpaired) electrons. The highest BCUT2D eigenvalue weighted by atomic mass is 35.5. The summed E-state index contributed by atoms with van der Waals surface area (Å²) in [6.45, 7) is 0.337. The van der Waals surface area contributed by atoms with E-state index < -0.39 is 0 Å². The van der Waals surface area contributed by atoms with Crippen LogP contribution in [0.15, 0.2) is 59.7 Å². The number of aliphatic hydroxyl groups is 1. The molecule has 0 unspecified atom stereocenters. The lowest BCUT2D eigenvalue weighted by Crippen LogP contribution is -2.22. The summed E-state index contributed by atoms with van der Waals surface area (Å²) in [5.74, 6) is 0.933. The lowest BCUT2D eigenvalue weighted by Gasteiger charge is -2.13. The van der Waals surface area contributed by atoms with Gasteiger partial charge in [0.1, 0.15) is 6.61 Å². The molecular formula is C21H21ClN2O5. The summed E-state index contributed by atoms with van der Waals surface area (Å²) < 4.78 is 17.8. The number of rotatable bonds is 9. The van der Waals surface area contributed by atoms with E-state index in [2.05, 4.69) is 4.98 Å². The summed E-state index contributed by atoms with van der Waals surface area (Å²) >= 11 is 5.98. The van der Waals surface area contributed by atoms with Crippen LogP contribution in [-0.4, -0.2) is 41.6 Å². The average Bonchev–Trinajstić information content (AvgIpc) is 2.73. The van der Waals surface area contributed by atoms with Gasteiger partial charge in [-0.3, -0.25) is 9.36 Å². The van der Waals surface area contributed by atoms with Crippen LogP contribution in [-0.2, 0) is 6.42 Å². The second-order valence-corrected chi connectivity index (χ2v) is 6.48. The predicted octanol–water partition coefficient (Wildman–Crippen LogP) is 2.89. The van der Waals surface area contributed by atoms with Gasteiger partial charge in [0.15, 0.2) is 11.5 Å². The van der Waals surface area contributed by atoms with E-state index in [1.807, 2.05) is 18.2 Å². The maximum Gasteiger partial charge on any atom is 0.317 e. The first kappa shape index (κ1) is 20.7. The van der Waals surface area contributed by atoms with Crippen molar-refractivity contribution in [3.63, 3.8) is 0 Å². The molecule has 0 aliphatic carbocycles. The molecule has 2 aromatic carbocycles. The summed E-state index contributed by atoms with van der Waals surface area (Å²) in [6.07, 6.45) is 3.65. The van der Waals surface area contributed by atoms with Gasteiger partial charge in [-0.1, -0.05) is 23.7 Å². The number of ether oxygens (including phenoxy) is 3. The van der Waals surface area contributed by atoms with Gasteiger partial charge in [0.05, 0.1) is 26.0 Å². The fourth-order valence-corrected chi connectivity index (χ4v) is 2.95. The van der Waals surface area contributed by atoms with Crippen molar-refractivity contribution in [1.29, 1.82) is 0 Å². The van der Waals surface area contributed by atoms with Crippen LogP contribution in [0.5, 0.6) is 17.4 Å². The molecule has 0 aliphatic heterocycles. The van der Waals surface area contributed by atoms with Crippen LogP contribution in [0.25, 0.3) is 5.69 Å². The van der Waals surface area contributed by atoms with Crippen molar-refractivity contribution in [2.24, 2.45) is 0 Å². The minimum Gasteiger partial charge on any atom is -0.493 e. The summed E-state index contributed by atoms with van der Waals surface area (Å²) in [5, 5.41) is 9.56. The molecule has 152 valence electrons. The van der Waals surface area contributed by atoms with E-state index in [1.165, 1.54) is 17.9 Å². The zero-order valence-corrected chi connectivity index (χ0v) is 16.6. The average molecular weight is 417 g/mol. The maximum atomic E-state index is 12.8. The Morgan fingerprint density at radius 1 is 1.10 bits per heavy atom. The Morgan fingerprint density at radius 2 is 1.97 bits per heavy atom. The highest BCUT2D eigenvalue weighted by Gasteiger charge is 2.11. The second kappa shape index (κ2) is 9.95. The van der Waals surface area contributed by atoms with E-state index in [4.69, 9.17) is 30.9 Å². The fourth-order valence-electron chi connectivity index (χ4n) is 2.73. The molecule has 3 aromatic rings. The molecule has 1 aromatic heterocycles. The van der Waals surface area contributed by atoms with E-state index in [0.717, 1.165) is 5.56 Å². The number of hydrogen-bond acceptors (Lipinski definition) is 6. The van der Waals surface area contributed by atoms with Crippen molar-refractivity contribution >= 4 is 11.6 Å². The first-order chi connectivity index (χ1) is 14.1. The van der Waals surface area contributed by atoms with Gasteiger partial charge in [0, 0.05) is 29.9 Å².